The van der Waals surface area contributed by atoms with E-state index in [0.717, 1.165) is 11.5 Å². The molecule has 0 bridgehead atoms. The van der Waals surface area contributed by atoms with E-state index in [1.54, 1.807) is 0 Å². The second-order valence-electron chi connectivity index (χ2n) is 6.12. The van der Waals surface area contributed by atoms with Crippen LogP contribution in [0.3, 0.4) is 0 Å². The Morgan fingerprint density at radius 2 is 1.86 bits per heavy atom. The largest absolute Gasteiger partial charge is 0.367 e. The van der Waals surface area contributed by atoms with Crippen LogP contribution in [-0.4, -0.2) is 16.0 Å². The van der Waals surface area contributed by atoms with Crippen molar-refractivity contribution in [2.75, 3.05) is 10.6 Å². The van der Waals surface area contributed by atoms with Crippen LogP contribution >= 0.6 is 0 Å². The van der Waals surface area contributed by atoms with Crippen molar-refractivity contribution in [1.29, 1.82) is 0 Å². The highest BCUT2D eigenvalue weighted by Crippen LogP contribution is 2.23. The minimum atomic E-state index is 0.553. The summed E-state index contributed by atoms with van der Waals surface area (Å²) < 4.78 is 0. The first-order chi connectivity index (χ1) is 10.7. The van der Waals surface area contributed by atoms with Gasteiger partial charge in [-0.3, -0.25) is 0 Å². The molecule has 1 aliphatic carbocycles. The van der Waals surface area contributed by atoms with E-state index >= 15 is 0 Å². The Bertz CT molecular complexity index is 633. The lowest BCUT2D eigenvalue weighted by atomic mass is 9.95. The number of hydrogen-bond donors (Lipinski definition) is 2. The van der Waals surface area contributed by atoms with E-state index in [1.807, 2.05) is 12.3 Å². The Morgan fingerprint density at radius 3 is 2.68 bits per heavy atom. The molecule has 0 saturated heterocycles. The summed E-state index contributed by atoms with van der Waals surface area (Å²) in [6, 6.07) is 8.73. The van der Waals surface area contributed by atoms with Gasteiger partial charge in [0.1, 0.15) is 5.82 Å². The highest BCUT2D eigenvalue weighted by molar-refractivity contribution is 5.60. The van der Waals surface area contributed by atoms with E-state index in [4.69, 9.17) is 0 Å². The fourth-order valence-electron chi connectivity index (χ4n) is 2.96. The van der Waals surface area contributed by atoms with Crippen LogP contribution in [0, 0.1) is 13.8 Å². The average molecular weight is 296 g/mol. The molecule has 2 aromatic rings. The Balaban J connectivity index is 1.72. The van der Waals surface area contributed by atoms with Crippen molar-refractivity contribution < 1.29 is 0 Å². The molecule has 0 amide bonds. The third-order valence-electron chi connectivity index (χ3n) is 4.46. The summed E-state index contributed by atoms with van der Waals surface area (Å²) in [4.78, 5) is 8.94. The summed E-state index contributed by atoms with van der Waals surface area (Å²) in [6.45, 7) is 4.23. The predicted octanol–water partition coefficient (Wildman–Crippen LogP) is 4.58. The average Bonchev–Trinajstić information content (AvgIpc) is 2.53. The van der Waals surface area contributed by atoms with E-state index < -0.39 is 0 Å². The number of nitrogens with zero attached hydrogens (tertiary/aromatic N) is 2. The van der Waals surface area contributed by atoms with E-state index in [9.17, 15) is 0 Å². The maximum atomic E-state index is 4.60. The lowest BCUT2D eigenvalue weighted by molar-refractivity contribution is 0.462. The zero-order chi connectivity index (χ0) is 15.4. The third kappa shape index (κ3) is 3.56. The minimum absolute atomic E-state index is 0.553. The highest BCUT2D eigenvalue weighted by Gasteiger charge is 2.13. The molecular formula is C18H24N4. The maximum absolute atomic E-state index is 4.60. The molecule has 0 spiro atoms. The number of anilines is 3. The summed E-state index contributed by atoms with van der Waals surface area (Å²) >= 11 is 0. The fourth-order valence-corrected chi connectivity index (χ4v) is 2.96. The van der Waals surface area contributed by atoms with Gasteiger partial charge in [0.05, 0.1) is 0 Å². The minimum Gasteiger partial charge on any atom is -0.367 e. The summed E-state index contributed by atoms with van der Waals surface area (Å²) in [5.74, 6) is 1.56. The highest BCUT2D eigenvalue weighted by atomic mass is 15.1. The quantitative estimate of drug-likeness (QED) is 0.867. The Morgan fingerprint density at radius 1 is 1.05 bits per heavy atom. The number of aryl methyl sites for hydroxylation is 1. The van der Waals surface area contributed by atoms with Crippen molar-refractivity contribution in [3.63, 3.8) is 0 Å². The summed E-state index contributed by atoms with van der Waals surface area (Å²) in [6.07, 6.45) is 8.28. The standard InChI is InChI=1S/C18H24N4/c1-13-7-6-10-16(14(13)2)21-18-19-12-11-17(22-18)20-15-8-4-3-5-9-15/h6-7,10-12,15H,3-5,8-9H2,1-2H3,(H2,19,20,21,22). The topological polar surface area (TPSA) is 49.8 Å². The van der Waals surface area contributed by atoms with Gasteiger partial charge in [0, 0.05) is 17.9 Å². The lowest BCUT2D eigenvalue weighted by Gasteiger charge is -2.23. The number of hydrogen-bond acceptors (Lipinski definition) is 4. The molecule has 0 radical (unpaired) electrons. The molecule has 1 aromatic heterocycles. The smallest absolute Gasteiger partial charge is 0.229 e. The number of nitrogens with one attached hydrogen (secondary N) is 2. The van der Waals surface area contributed by atoms with Crippen LogP contribution in [0.5, 0.6) is 0 Å². The SMILES string of the molecule is Cc1cccc(Nc2nccc(NC3CCCCC3)n2)c1C. The van der Waals surface area contributed by atoms with Crippen molar-refractivity contribution in [1.82, 2.24) is 9.97 Å². The molecule has 1 aliphatic rings. The Hall–Kier alpha value is -2.10. The molecule has 4 nitrogen and oxygen atoms in total. The molecular weight excluding hydrogens is 272 g/mol. The van der Waals surface area contributed by atoms with Crippen molar-refractivity contribution in [3.05, 3.63) is 41.6 Å². The van der Waals surface area contributed by atoms with E-state index in [1.165, 1.54) is 43.2 Å². The molecule has 4 heteroatoms. The molecule has 0 aliphatic heterocycles. The van der Waals surface area contributed by atoms with Crippen LogP contribution < -0.4 is 10.6 Å². The van der Waals surface area contributed by atoms with E-state index in [-0.39, 0.29) is 0 Å². The van der Waals surface area contributed by atoms with Crippen LogP contribution in [0.15, 0.2) is 30.5 Å². The predicted molar refractivity (Wildman–Crippen MR) is 91.7 cm³/mol. The maximum Gasteiger partial charge on any atom is 0.229 e. The monoisotopic (exact) mass is 296 g/mol. The molecule has 0 unspecified atom stereocenters. The zero-order valence-electron chi connectivity index (χ0n) is 13.4. The van der Waals surface area contributed by atoms with Gasteiger partial charge in [0.2, 0.25) is 5.95 Å². The molecule has 22 heavy (non-hydrogen) atoms. The first-order valence-electron chi connectivity index (χ1n) is 8.15. The van der Waals surface area contributed by atoms with Crippen molar-refractivity contribution >= 4 is 17.5 Å². The Kier molecular flexibility index (Phi) is 4.56. The molecule has 3 rings (SSSR count). The van der Waals surface area contributed by atoms with Gasteiger partial charge >= 0.3 is 0 Å². The van der Waals surface area contributed by atoms with E-state index in [2.05, 4.69) is 52.6 Å². The van der Waals surface area contributed by atoms with Crippen LogP contribution in [0.4, 0.5) is 17.5 Å². The summed E-state index contributed by atoms with van der Waals surface area (Å²) in [5.41, 5.74) is 3.56. The van der Waals surface area contributed by atoms with Gasteiger partial charge in [-0.2, -0.15) is 4.98 Å². The van der Waals surface area contributed by atoms with Crippen LogP contribution in [0.25, 0.3) is 0 Å². The first kappa shape index (κ1) is 14.8. The molecule has 1 heterocycles. The molecule has 116 valence electrons. The molecule has 1 saturated carbocycles. The van der Waals surface area contributed by atoms with Gasteiger partial charge in [-0.25, -0.2) is 4.98 Å². The van der Waals surface area contributed by atoms with Gasteiger partial charge in [-0.1, -0.05) is 31.4 Å². The van der Waals surface area contributed by atoms with Crippen LogP contribution in [0.1, 0.15) is 43.2 Å². The van der Waals surface area contributed by atoms with Crippen LogP contribution in [0.2, 0.25) is 0 Å². The normalized spacial score (nSPS) is 15.5. The molecule has 2 N–H and O–H groups in total. The lowest BCUT2D eigenvalue weighted by Crippen LogP contribution is -2.22. The van der Waals surface area contributed by atoms with Gasteiger partial charge in [0.15, 0.2) is 0 Å². The van der Waals surface area contributed by atoms with Crippen molar-refractivity contribution in [2.45, 2.75) is 52.0 Å². The molecule has 1 fully saturated rings. The summed E-state index contributed by atoms with van der Waals surface area (Å²) in [5, 5.41) is 6.87. The van der Waals surface area contributed by atoms with Gasteiger partial charge in [0.25, 0.3) is 0 Å². The fraction of sp³-hybridized carbons (Fsp3) is 0.444. The summed E-state index contributed by atoms with van der Waals surface area (Å²) in [7, 11) is 0. The van der Waals surface area contributed by atoms with Crippen LogP contribution in [-0.2, 0) is 0 Å². The first-order valence-corrected chi connectivity index (χ1v) is 8.15. The van der Waals surface area contributed by atoms with Crippen molar-refractivity contribution in [3.8, 4) is 0 Å². The zero-order valence-corrected chi connectivity index (χ0v) is 13.4. The number of rotatable bonds is 4. The van der Waals surface area contributed by atoms with Gasteiger partial charge in [-0.15, -0.1) is 0 Å². The van der Waals surface area contributed by atoms with Gasteiger partial charge < -0.3 is 10.6 Å². The number of aromatic nitrogens is 2. The Labute approximate surface area is 132 Å². The molecule has 0 atom stereocenters. The molecule has 1 aromatic carbocycles. The third-order valence-corrected chi connectivity index (χ3v) is 4.46. The second kappa shape index (κ2) is 6.77. The van der Waals surface area contributed by atoms with Crippen molar-refractivity contribution in [2.24, 2.45) is 0 Å². The van der Waals surface area contributed by atoms with Gasteiger partial charge in [-0.05, 0) is 49.9 Å². The number of benzene rings is 1. The van der Waals surface area contributed by atoms with E-state index in [0.29, 0.717) is 12.0 Å². The second-order valence-corrected chi connectivity index (χ2v) is 6.12.